The molecule has 0 aromatic heterocycles. The van der Waals surface area contributed by atoms with Gasteiger partial charge in [-0.05, 0) is 36.0 Å². The van der Waals surface area contributed by atoms with Crippen LogP contribution in [0.15, 0.2) is 64.7 Å². The minimum atomic E-state index is -0.840. The van der Waals surface area contributed by atoms with E-state index in [-0.39, 0.29) is 12.0 Å². The van der Waals surface area contributed by atoms with Crippen molar-refractivity contribution in [2.24, 2.45) is 17.8 Å². The maximum atomic E-state index is 11.3. The molecule has 1 aromatic rings. The van der Waals surface area contributed by atoms with Crippen molar-refractivity contribution < 1.29 is 9.90 Å². The van der Waals surface area contributed by atoms with Crippen LogP contribution in [0.5, 0.6) is 0 Å². The quantitative estimate of drug-likeness (QED) is 0.776. The normalized spacial score (nSPS) is 34.7. The number of rotatable bonds is 2. The molecule has 4 rings (SSSR count). The van der Waals surface area contributed by atoms with E-state index in [1.165, 1.54) is 5.56 Å². The van der Waals surface area contributed by atoms with E-state index in [1.54, 1.807) is 6.08 Å². The second-order valence-electron chi connectivity index (χ2n) is 6.49. The average Bonchev–Trinajstić information content (AvgIpc) is 3.04. The van der Waals surface area contributed by atoms with Crippen LogP contribution >= 0.6 is 15.9 Å². The van der Waals surface area contributed by atoms with Crippen LogP contribution in [0.1, 0.15) is 18.0 Å². The first kappa shape index (κ1) is 14.9. The Morgan fingerprint density at radius 2 is 1.96 bits per heavy atom. The lowest BCUT2D eigenvalue weighted by atomic mass is 9.69. The van der Waals surface area contributed by atoms with Gasteiger partial charge < -0.3 is 10.4 Å². The van der Waals surface area contributed by atoms with Gasteiger partial charge in [-0.25, -0.2) is 4.79 Å². The van der Waals surface area contributed by atoms with E-state index in [0.29, 0.717) is 23.5 Å². The topological polar surface area (TPSA) is 49.3 Å². The van der Waals surface area contributed by atoms with Gasteiger partial charge in [0.25, 0.3) is 0 Å². The predicted molar refractivity (Wildman–Crippen MR) is 92.9 cm³/mol. The van der Waals surface area contributed by atoms with E-state index >= 15 is 0 Å². The predicted octanol–water partition coefficient (Wildman–Crippen LogP) is 3.85. The number of fused-ring (bicyclic) bond motifs is 3. The number of piperidine rings is 1. The summed E-state index contributed by atoms with van der Waals surface area (Å²) in [7, 11) is 0. The highest BCUT2D eigenvalue weighted by Crippen LogP contribution is 2.47. The molecular formula is C19H18BrNO2. The molecule has 1 fully saturated rings. The molecule has 0 amide bonds. The molecule has 1 aromatic carbocycles. The minimum absolute atomic E-state index is 0.191. The smallest absolute Gasteiger partial charge is 0.335 e. The van der Waals surface area contributed by atoms with Crippen LogP contribution in [-0.4, -0.2) is 17.1 Å². The van der Waals surface area contributed by atoms with Crippen LogP contribution in [0.25, 0.3) is 0 Å². The highest BCUT2D eigenvalue weighted by atomic mass is 79.9. The molecule has 0 radical (unpaired) electrons. The van der Waals surface area contributed by atoms with Crippen molar-refractivity contribution in [2.45, 2.75) is 18.5 Å². The van der Waals surface area contributed by atoms with Gasteiger partial charge in [-0.2, -0.15) is 0 Å². The molecule has 1 aliphatic heterocycles. The molecule has 3 nitrogen and oxygen atoms in total. The van der Waals surface area contributed by atoms with E-state index in [9.17, 15) is 9.90 Å². The zero-order chi connectivity index (χ0) is 16.0. The number of carboxylic acid groups (broad SMARTS) is 1. The largest absolute Gasteiger partial charge is 0.478 e. The second-order valence-corrected chi connectivity index (χ2v) is 7.41. The first-order chi connectivity index (χ1) is 11.1. The van der Waals surface area contributed by atoms with Crippen LogP contribution in [0, 0.1) is 17.8 Å². The summed E-state index contributed by atoms with van der Waals surface area (Å²) < 4.78 is 1.09. The Labute approximate surface area is 143 Å². The Morgan fingerprint density at radius 3 is 2.70 bits per heavy atom. The van der Waals surface area contributed by atoms with Crippen LogP contribution in [0.3, 0.4) is 0 Å². The fourth-order valence-corrected chi connectivity index (χ4v) is 4.44. The van der Waals surface area contributed by atoms with Crippen LogP contribution in [-0.2, 0) is 4.79 Å². The van der Waals surface area contributed by atoms with Crippen LogP contribution in [0.2, 0.25) is 0 Å². The number of aliphatic carboxylic acids is 1. The number of halogens is 1. The van der Waals surface area contributed by atoms with Crippen molar-refractivity contribution in [1.29, 1.82) is 0 Å². The lowest BCUT2D eigenvalue weighted by molar-refractivity contribution is -0.132. The molecule has 2 N–H and O–H groups in total. The van der Waals surface area contributed by atoms with E-state index in [1.807, 2.05) is 12.2 Å². The number of hydrogen-bond acceptors (Lipinski definition) is 2. The molecule has 118 valence electrons. The van der Waals surface area contributed by atoms with Crippen LogP contribution in [0.4, 0.5) is 0 Å². The van der Waals surface area contributed by atoms with Gasteiger partial charge in [0.15, 0.2) is 0 Å². The van der Waals surface area contributed by atoms with Crippen molar-refractivity contribution in [3.05, 3.63) is 70.3 Å². The summed E-state index contributed by atoms with van der Waals surface area (Å²) in [4.78, 5) is 11.3. The molecule has 3 aliphatic rings. The Balaban J connectivity index is 1.67. The molecule has 4 heteroatoms. The number of allylic oxidation sites excluding steroid dienone is 2. The third-order valence-corrected chi connectivity index (χ3v) is 5.78. The maximum Gasteiger partial charge on any atom is 0.335 e. The number of benzene rings is 1. The number of carboxylic acids is 1. The number of hydrogen-bond donors (Lipinski definition) is 2. The van der Waals surface area contributed by atoms with E-state index in [2.05, 4.69) is 57.7 Å². The molecule has 0 spiro atoms. The molecule has 0 bridgehead atoms. The summed E-state index contributed by atoms with van der Waals surface area (Å²) in [6.45, 7) is 0. The SMILES string of the molecule is O=C(O)C1=CC2C(C=C1)NC(c1ccc(Br)cc1)C1CC=CC21. The van der Waals surface area contributed by atoms with Crippen LogP contribution < -0.4 is 5.32 Å². The first-order valence-corrected chi connectivity index (χ1v) is 8.74. The average molecular weight is 372 g/mol. The summed E-state index contributed by atoms with van der Waals surface area (Å²) in [5.41, 5.74) is 1.71. The summed E-state index contributed by atoms with van der Waals surface area (Å²) in [6.07, 6.45) is 11.3. The Hall–Kier alpha value is -1.65. The summed E-state index contributed by atoms with van der Waals surface area (Å²) >= 11 is 3.49. The number of carbonyl (C=O) groups is 1. The van der Waals surface area contributed by atoms with Crippen molar-refractivity contribution in [3.63, 3.8) is 0 Å². The van der Waals surface area contributed by atoms with Crippen molar-refractivity contribution in [1.82, 2.24) is 5.32 Å². The van der Waals surface area contributed by atoms with Gasteiger partial charge in [-0.15, -0.1) is 0 Å². The third-order valence-electron chi connectivity index (χ3n) is 5.25. The molecule has 2 aliphatic carbocycles. The van der Waals surface area contributed by atoms with Gasteiger partial charge in [-0.3, -0.25) is 0 Å². The summed E-state index contributed by atoms with van der Waals surface area (Å²) in [5, 5.41) is 13.0. The van der Waals surface area contributed by atoms with Crippen molar-refractivity contribution in [2.75, 3.05) is 0 Å². The summed E-state index contributed by atoms with van der Waals surface area (Å²) in [5.74, 6) is 0.263. The van der Waals surface area contributed by atoms with Gasteiger partial charge in [0.1, 0.15) is 0 Å². The fraction of sp³-hybridized carbons (Fsp3) is 0.316. The van der Waals surface area contributed by atoms with Gasteiger partial charge in [0.2, 0.25) is 0 Å². The summed E-state index contributed by atoms with van der Waals surface area (Å²) in [6, 6.07) is 8.99. The Bertz CT molecular complexity index is 719. The number of nitrogens with one attached hydrogen (secondary N) is 1. The Kier molecular flexibility index (Phi) is 3.74. The molecule has 5 unspecified atom stereocenters. The lowest BCUT2D eigenvalue weighted by Gasteiger charge is -2.45. The lowest BCUT2D eigenvalue weighted by Crippen LogP contribution is -2.50. The zero-order valence-corrected chi connectivity index (χ0v) is 14.1. The monoisotopic (exact) mass is 371 g/mol. The zero-order valence-electron chi connectivity index (χ0n) is 12.5. The van der Waals surface area contributed by atoms with E-state index < -0.39 is 5.97 Å². The van der Waals surface area contributed by atoms with Gasteiger partial charge in [-0.1, -0.05) is 58.4 Å². The highest BCUT2D eigenvalue weighted by molar-refractivity contribution is 9.10. The maximum absolute atomic E-state index is 11.3. The highest BCUT2D eigenvalue weighted by Gasteiger charge is 2.44. The Morgan fingerprint density at radius 1 is 1.17 bits per heavy atom. The standard InChI is InChI=1S/C19H18BrNO2/c20-13-7-4-11(5-8-13)18-15-3-1-2-14(15)16-10-12(19(22)23)6-9-17(16)21-18/h1-2,4-10,14-18,21H,3H2,(H,22,23). The molecule has 5 atom stereocenters. The first-order valence-electron chi connectivity index (χ1n) is 7.95. The van der Waals surface area contributed by atoms with Crippen molar-refractivity contribution >= 4 is 21.9 Å². The molecule has 0 saturated carbocycles. The molecule has 23 heavy (non-hydrogen) atoms. The molecular weight excluding hydrogens is 354 g/mol. The van der Waals surface area contributed by atoms with Gasteiger partial charge >= 0.3 is 5.97 Å². The second kappa shape index (κ2) is 5.77. The van der Waals surface area contributed by atoms with Gasteiger partial charge in [0.05, 0.1) is 5.57 Å². The van der Waals surface area contributed by atoms with E-state index in [4.69, 9.17) is 0 Å². The molecule has 1 heterocycles. The molecule has 1 saturated heterocycles. The third kappa shape index (κ3) is 2.60. The van der Waals surface area contributed by atoms with E-state index in [0.717, 1.165) is 10.9 Å². The van der Waals surface area contributed by atoms with Crippen molar-refractivity contribution in [3.8, 4) is 0 Å². The minimum Gasteiger partial charge on any atom is -0.478 e. The van der Waals surface area contributed by atoms with Gasteiger partial charge in [0, 0.05) is 22.5 Å². The fourth-order valence-electron chi connectivity index (χ4n) is 4.17.